The third kappa shape index (κ3) is 2.14. The van der Waals surface area contributed by atoms with Gasteiger partial charge >= 0.3 is 12.1 Å². The molecule has 0 unspecified atom stereocenters. The highest BCUT2D eigenvalue weighted by atomic mass is 32.2. The number of rotatable bonds is 2. The summed E-state index contributed by atoms with van der Waals surface area (Å²) in [6.07, 6.45) is -4.46. The van der Waals surface area contributed by atoms with Crippen molar-refractivity contribution in [2.24, 2.45) is 0 Å². The van der Waals surface area contributed by atoms with E-state index in [2.05, 4.69) is 4.74 Å². The number of carbonyl (C=O) groups excluding carboxylic acids is 1. The molecule has 2 N–H and O–H groups in total. The molecule has 1 saturated heterocycles. The number of hydrogen-bond acceptors (Lipinski definition) is 4. The molecule has 1 heterocycles. The van der Waals surface area contributed by atoms with Gasteiger partial charge in [-0.25, -0.2) is 4.79 Å². The predicted molar refractivity (Wildman–Crippen MR) is 47.2 cm³/mol. The monoisotopic (exact) mass is 257 g/mol. The molecule has 0 saturated carbocycles. The van der Waals surface area contributed by atoms with Crippen molar-refractivity contribution >= 4 is 23.6 Å². The molecule has 16 heavy (non-hydrogen) atoms. The van der Waals surface area contributed by atoms with Crippen LogP contribution in [0.15, 0.2) is 11.0 Å². The minimum absolute atomic E-state index is 0.0261. The van der Waals surface area contributed by atoms with Gasteiger partial charge in [0.25, 0.3) is 11.0 Å². The van der Waals surface area contributed by atoms with Crippen molar-refractivity contribution in [1.82, 2.24) is 5.32 Å². The number of thioether (sulfide) groups is 1. The summed E-state index contributed by atoms with van der Waals surface area (Å²) >= 11 is -0.0261. The molecule has 0 spiro atoms. The van der Waals surface area contributed by atoms with E-state index in [1.165, 1.54) is 0 Å². The Morgan fingerprint density at radius 2 is 2.19 bits per heavy atom. The number of methoxy groups -OCH3 is 1. The summed E-state index contributed by atoms with van der Waals surface area (Å²) in [5.41, 5.74) is 0. The lowest BCUT2D eigenvalue weighted by Crippen LogP contribution is -2.53. The van der Waals surface area contributed by atoms with E-state index in [4.69, 9.17) is 5.11 Å². The molecule has 0 aromatic rings. The first-order chi connectivity index (χ1) is 7.22. The number of aliphatic carboxylic acids is 1. The highest BCUT2D eigenvalue weighted by Gasteiger charge is 2.62. The first kappa shape index (κ1) is 12.8. The molecule has 0 aromatic carbocycles. The minimum Gasteiger partial charge on any atom is -0.478 e. The molecule has 1 atom stereocenters. The Bertz CT molecular complexity index is 367. The van der Waals surface area contributed by atoms with Gasteiger partial charge in [0.1, 0.15) is 0 Å². The van der Waals surface area contributed by atoms with E-state index < -0.39 is 28.0 Å². The van der Waals surface area contributed by atoms with Gasteiger partial charge in [-0.3, -0.25) is 4.79 Å². The van der Waals surface area contributed by atoms with Gasteiger partial charge in [0.2, 0.25) is 0 Å². The number of ether oxygens (including phenoxy) is 1. The molecular formula is C7H6F3NO4S. The van der Waals surface area contributed by atoms with Crippen LogP contribution in [0.2, 0.25) is 0 Å². The molecule has 5 nitrogen and oxygen atoms in total. The SMILES string of the molecule is CO[C@]1(C(F)(F)F)NC(=O)/C(=C/C(=O)O)S1. The Kier molecular flexibility index (Phi) is 3.20. The lowest BCUT2D eigenvalue weighted by Gasteiger charge is -2.27. The summed E-state index contributed by atoms with van der Waals surface area (Å²) in [6.45, 7) is 0. The van der Waals surface area contributed by atoms with E-state index in [0.717, 1.165) is 7.11 Å². The van der Waals surface area contributed by atoms with Crippen LogP contribution in [0.3, 0.4) is 0 Å². The van der Waals surface area contributed by atoms with Gasteiger partial charge < -0.3 is 15.2 Å². The molecule has 9 heteroatoms. The topological polar surface area (TPSA) is 75.6 Å². The number of carbonyl (C=O) groups is 2. The number of hydrogen-bond donors (Lipinski definition) is 2. The summed E-state index contributed by atoms with van der Waals surface area (Å²) in [5, 5.41) is 6.99. The van der Waals surface area contributed by atoms with Gasteiger partial charge in [-0.05, 0) is 0 Å². The fraction of sp³-hybridized carbons (Fsp3) is 0.429. The molecule has 1 aliphatic heterocycles. The second kappa shape index (κ2) is 3.98. The molecular weight excluding hydrogens is 251 g/mol. The van der Waals surface area contributed by atoms with Crippen LogP contribution in [0, 0.1) is 0 Å². The summed E-state index contributed by atoms with van der Waals surface area (Å²) in [5.74, 6) is -2.64. The highest BCUT2D eigenvalue weighted by molar-refractivity contribution is 8.05. The van der Waals surface area contributed by atoms with E-state index in [1.807, 2.05) is 0 Å². The summed E-state index contributed by atoms with van der Waals surface area (Å²) < 4.78 is 41.9. The normalized spacial score (nSPS) is 28.2. The second-order valence-electron chi connectivity index (χ2n) is 2.72. The van der Waals surface area contributed by atoms with Crippen LogP contribution in [-0.4, -0.2) is 35.3 Å². The maximum atomic E-state index is 12.6. The lowest BCUT2D eigenvalue weighted by atomic mass is 10.4. The maximum absolute atomic E-state index is 12.6. The van der Waals surface area contributed by atoms with Gasteiger partial charge in [0.05, 0.1) is 4.91 Å². The number of alkyl halides is 3. The third-order valence-corrected chi connectivity index (χ3v) is 2.98. The summed E-state index contributed by atoms with van der Waals surface area (Å²) in [7, 11) is 0.768. The van der Waals surface area contributed by atoms with E-state index in [-0.39, 0.29) is 11.8 Å². The van der Waals surface area contributed by atoms with Crippen LogP contribution >= 0.6 is 11.8 Å². The zero-order valence-electron chi connectivity index (χ0n) is 7.79. The Morgan fingerprint density at radius 1 is 1.62 bits per heavy atom. The van der Waals surface area contributed by atoms with Gasteiger partial charge in [0.15, 0.2) is 0 Å². The van der Waals surface area contributed by atoms with Crippen LogP contribution in [0.25, 0.3) is 0 Å². The smallest absolute Gasteiger partial charge is 0.447 e. The van der Waals surface area contributed by atoms with E-state index in [9.17, 15) is 22.8 Å². The van der Waals surface area contributed by atoms with E-state index in [1.54, 1.807) is 5.32 Å². The van der Waals surface area contributed by atoms with Crippen LogP contribution in [0.4, 0.5) is 13.2 Å². The van der Waals surface area contributed by atoms with Crippen LogP contribution in [-0.2, 0) is 14.3 Å². The fourth-order valence-corrected chi connectivity index (χ4v) is 1.94. The number of amides is 1. The first-order valence-electron chi connectivity index (χ1n) is 3.80. The molecule has 90 valence electrons. The third-order valence-electron chi connectivity index (χ3n) is 1.67. The standard InChI is InChI=1S/C7H6F3NO4S/c1-15-7(6(8,9)10)11-5(14)3(16-7)2-4(12)13/h2H,1H3,(H,11,14)(H,12,13)/b3-2-/t7-/m0/s1. The lowest BCUT2D eigenvalue weighted by molar-refractivity contribution is -0.237. The van der Waals surface area contributed by atoms with Crippen molar-refractivity contribution in [3.05, 3.63) is 11.0 Å². The van der Waals surface area contributed by atoms with Crippen molar-refractivity contribution < 1.29 is 32.6 Å². The fourth-order valence-electron chi connectivity index (χ4n) is 0.982. The molecule has 1 aliphatic rings. The number of halogens is 3. The Balaban J connectivity index is 3.06. The largest absolute Gasteiger partial charge is 0.478 e. The van der Waals surface area contributed by atoms with Crippen molar-refractivity contribution in [3.8, 4) is 0 Å². The Labute approximate surface area is 91.6 Å². The van der Waals surface area contributed by atoms with Crippen molar-refractivity contribution in [2.75, 3.05) is 7.11 Å². The van der Waals surface area contributed by atoms with Crippen molar-refractivity contribution in [3.63, 3.8) is 0 Å². The Hall–Kier alpha value is -1.22. The van der Waals surface area contributed by atoms with Gasteiger partial charge in [-0.15, -0.1) is 0 Å². The van der Waals surface area contributed by atoms with Crippen molar-refractivity contribution in [1.29, 1.82) is 0 Å². The zero-order valence-corrected chi connectivity index (χ0v) is 8.61. The van der Waals surface area contributed by atoms with Crippen molar-refractivity contribution in [2.45, 2.75) is 11.2 Å². The average Bonchev–Trinajstić information content (AvgIpc) is 2.42. The molecule has 0 aromatic heterocycles. The van der Waals surface area contributed by atoms with Gasteiger partial charge in [0, 0.05) is 13.2 Å². The molecule has 0 aliphatic carbocycles. The molecule has 1 amide bonds. The molecule has 1 rings (SSSR count). The highest BCUT2D eigenvalue weighted by Crippen LogP contribution is 2.47. The summed E-state index contributed by atoms with van der Waals surface area (Å²) in [6, 6.07) is 0. The molecule has 1 fully saturated rings. The van der Waals surface area contributed by atoms with E-state index in [0.29, 0.717) is 6.08 Å². The molecule has 0 bridgehead atoms. The second-order valence-corrected chi connectivity index (χ2v) is 3.94. The maximum Gasteiger partial charge on any atom is 0.447 e. The summed E-state index contributed by atoms with van der Waals surface area (Å²) in [4.78, 5) is 20.8. The molecule has 0 radical (unpaired) electrons. The number of nitrogens with one attached hydrogen (secondary N) is 1. The van der Waals surface area contributed by atoms with E-state index >= 15 is 0 Å². The first-order valence-corrected chi connectivity index (χ1v) is 4.61. The van der Waals surface area contributed by atoms with Crippen LogP contribution in [0.5, 0.6) is 0 Å². The van der Waals surface area contributed by atoms with Crippen LogP contribution in [0.1, 0.15) is 0 Å². The minimum atomic E-state index is -4.85. The average molecular weight is 257 g/mol. The van der Waals surface area contributed by atoms with Gasteiger partial charge in [-0.1, -0.05) is 11.8 Å². The quantitative estimate of drug-likeness (QED) is 0.711. The number of carboxylic acid groups (broad SMARTS) is 1. The Morgan fingerprint density at radius 3 is 2.50 bits per heavy atom. The van der Waals surface area contributed by atoms with Crippen LogP contribution < -0.4 is 5.32 Å². The predicted octanol–water partition coefficient (Wildman–Crippen LogP) is 0.680. The van der Waals surface area contributed by atoms with Gasteiger partial charge in [-0.2, -0.15) is 13.2 Å². The zero-order chi connectivity index (χ0) is 12.6. The number of carboxylic acids is 1.